The van der Waals surface area contributed by atoms with E-state index in [1.54, 1.807) is 6.07 Å². The molecule has 3 aliphatic heterocycles. The van der Waals surface area contributed by atoms with Crippen molar-refractivity contribution in [3.63, 3.8) is 0 Å². The molecule has 2 saturated carbocycles. The quantitative estimate of drug-likeness (QED) is 0.246. The van der Waals surface area contributed by atoms with Crippen molar-refractivity contribution >= 4 is 23.2 Å². The molecule has 0 radical (unpaired) electrons. The fourth-order valence-electron chi connectivity index (χ4n) is 9.73. The minimum atomic E-state index is -0.307. The van der Waals surface area contributed by atoms with Gasteiger partial charge in [-0.25, -0.2) is 14.8 Å². The number of piperazine rings is 1. The summed E-state index contributed by atoms with van der Waals surface area (Å²) >= 11 is 6.31. The van der Waals surface area contributed by atoms with Crippen molar-refractivity contribution < 1.29 is 4.74 Å². The molecule has 0 bridgehead atoms. The summed E-state index contributed by atoms with van der Waals surface area (Å²) in [6.07, 6.45) is 13.2. The minimum Gasteiger partial charge on any atom is -0.487 e. The van der Waals surface area contributed by atoms with Gasteiger partial charge in [-0.15, -0.1) is 0 Å². The van der Waals surface area contributed by atoms with Crippen LogP contribution in [0.5, 0.6) is 5.75 Å². The van der Waals surface area contributed by atoms with Gasteiger partial charge in [-0.1, -0.05) is 43.6 Å². The van der Waals surface area contributed by atoms with Gasteiger partial charge in [0.1, 0.15) is 12.4 Å². The number of aromatic nitrogens is 2. The van der Waals surface area contributed by atoms with Gasteiger partial charge in [0.05, 0.1) is 12.3 Å². The Bertz CT molecular complexity index is 1680. The van der Waals surface area contributed by atoms with E-state index in [0.29, 0.717) is 28.1 Å². The first-order valence-corrected chi connectivity index (χ1v) is 19.3. The largest absolute Gasteiger partial charge is 0.487 e. The van der Waals surface area contributed by atoms with Crippen molar-refractivity contribution in [1.29, 1.82) is 0 Å². The lowest BCUT2D eigenvalue weighted by Gasteiger charge is -2.59. The van der Waals surface area contributed by atoms with Gasteiger partial charge in [0, 0.05) is 54.9 Å². The summed E-state index contributed by atoms with van der Waals surface area (Å²) in [5.74, 6) is 1.60. The number of benzene rings is 2. The lowest BCUT2D eigenvalue weighted by molar-refractivity contribution is -0.0820. The molecule has 5 fully saturated rings. The summed E-state index contributed by atoms with van der Waals surface area (Å²) in [6.45, 7) is 21.3. The van der Waals surface area contributed by atoms with Crippen LogP contribution >= 0.6 is 11.6 Å². The average Bonchev–Trinajstić information content (AvgIpc) is 3.12. The SMILES string of the molecule is [C-]#[N+]c1cc(Cl)cc(C(C)(C)c2ccc(OCc3ccnc(N4CCN(C5CC6(CCN(C7CC8(CCNCC8)C7)CC6)C5)CC4)n3)cc2)c1. The molecule has 50 heavy (non-hydrogen) atoms. The predicted octanol–water partition coefficient (Wildman–Crippen LogP) is 7.48. The lowest BCUT2D eigenvalue weighted by atomic mass is 9.57. The summed E-state index contributed by atoms with van der Waals surface area (Å²) in [6, 6.07) is 17.3. The Morgan fingerprint density at radius 3 is 2.14 bits per heavy atom. The number of hydrogen-bond acceptors (Lipinski definition) is 7. The monoisotopic (exact) mass is 693 g/mol. The summed E-state index contributed by atoms with van der Waals surface area (Å²) in [5, 5.41) is 4.14. The maximum atomic E-state index is 7.40. The van der Waals surface area contributed by atoms with Gasteiger partial charge in [-0.3, -0.25) is 4.90 Å². The smallest absolute Gasteiger partial charge is 0.225 e. The third-order valence-corrected chi connectivity index (χ3v) is 13.4. The minimum absolute atomic E-state index is 0.307. The van der Waals surface area contributed by atoms with Gasteiger partial charge < -0.3 is 19.9 Å². The zero-order valence-corrected chi connectivity index (χ0v) is 30.6. The highest BCUT2D eigenvalue weighted by molar-refractivity contribution is 6.31. The van der Waals surface area contributed by atoms with Crippen molar-refractivity contribution in [1.82, 2.24) is 25.1 Å². The van der Waals surface area contributed by atoms with E-state index in [2.05, 4.69) is 55.8 Å². The van der Waals surface area contributed by atoms with Crippen LogP contribution in [0.2, 0.25) is 5.02 Å². The van der Waals surface area contributed by atoms with E-state index >= 15 is 0 Å². The van der Waals surface area contributed by atoms with Crippen LogP contribution in [0.4, 0.5) is 11.6 Å². The highest BCUT2D eigenvalue weighted by Gasteiger charge is 2.51. The molecule has 0 atom stereocenters. The average molecular weight is 694 g/mol. The summed E-state index contributed by atoms with van der Waals surface area (Å²) < 4.78 is 6.16. The van der Waals surface area contributed by atoms with E-state index in [-0.39, 0.29) is 5.41 Å². The van der Waals surface area contributed by atoms with Crippen LogP contribution in [0, 0.1) is 17.4 Å². The molecule has 2 aromatic carbocycles. The lowest BCUT2D eigenvalue weighted by Crippen LogP contribution is -2.61. The predicted molar refractivity (Wildman–Crippen MR) is 200 cm³/mol. The molecule has 3 saturated heterocycles. The number of halogens is 1. The number of rotatable bonds is 8. The molecule has 0 unspecified atom stereocenters. The number of anilines is 1. The molecule has 8 rings (SSSR count). The zero-order chi connectivity index (χ0) is 34.3. The molecular weight excluding hydrogens is 642 g/mol. The molecule has 1 N–H and O–H groups in total. The van der Waals surface area contributed by atoms with Gasteiger partial charge in [0.2, 0.25) is 5.95 Å². The number of hydrogen-bond donors (Lipinski definition) is 1. The molecule has 5 aliphatic rings. The number of nitrogens with one attached hydrogen (secondary N) is 1. The Labute approximate surface area is 303 Å². The summed E-state index contributed by atoms with van der Waals surface area (Å²) in [7, 11) is 0. The van der Waals surface area contributed by atoms with Crippen LogP contribution in [0.3, 0.4) is 0 Å². The summed E-state index contributed by atoms with van der Waals surface area (Å²) in [4.78, 5) is 21.1. The molecule has 9 heteroatoms. The fourth-order valence-corrected chi connectivity index (χ4v) is 9.96. The van der Waals surface area contributed by atoms with Crippen molar-refractivity contribution in [2.75, 3.05) is 57.3 Å². The molecule has 8 nitrogen and oxygen atoms in total. The standard InChI is InChI=1S/C41H52ClN7O/c1-39(2,31-22-32(42)24-34(23-31)43-3)30-4-6-37(7-5-30)50-29-33-8-13-45-38(46-33)49-20-18-48(19-21-49)36-27-41(28-36)11-16-47(17-12-41)35-25-40(26-35)9-14-44-15-10-40/h4-8,13,22-24,35-36,44H,9-12,14-21,25-29H2,1-2H3. The van der Waals surface area contributed by atoms with Crippen LogP contribution in [0.25, 0.3) is 4.85 Å². The molecule has 0 amide bonds. The van der Waals surface area contributed by atoms with E-state index in [0.717, 1.165) is 66.8 Å². The highest BCUT2D eigenvalue weighted by atomic mass is 35.5. The van der Waals surface area contributed by atoms with Crippen LogP contribution in [-0.2, 0) is 12.0 Å². The first-order chi connectivity index (χ1) is 24.2. The van der Waals surface area contributed by atoms with Gasteiger partial charge in [-0.05, 0) is 130 Å². The number of piperidine rings is 2. The van der Waals surface area contributed by atoms with Crippen molar-refractivity contribution in [3.8, 4) is 5.75 Å². The zero-order valence-electron chi connectivity index (χ0n) is 29.8. The van der Waals surface area contributed by atoms with E-state index < -0.39 is 0 Å². The molecule has 2 spiro atoms. The second kappa shape index (κ2) is 13.7. The van der Waals surface area contributed by atoms with Crippen LogP contribution in [-0.4, -0.2) is 84.2 Å². The fraction of sp³-hybridized carbons (Fsp3) is 0.585. The van der Waals surface area contributed by atoms with Crippen molar-refractivity contribution in [3.05, 3.63) is 88.0 Å². The Balaban J connectivity index is 0.782. The number of ether oxygens (including phenoxy) is 1. The third-order valence-electron chi connectivity index (χ3n) is 13.2. The van der Waals surface area contributed by atoms with Gasteiger partial charge in [-0.2, -0.15) is 0 Å². The van der Waals surface area contributed by atoms with Gasteiger partial charge >= 0.3 is 0 Å². The van der Waals surface area contributed by atoms with Crippen LogP contribution < -0.4 is 15.0 Å². The van der Waals surface area contributed by atoms with E-state index in [4.69, 9.17) is 27.9 Å². The molecular formula is C41H52ClN7O. The van der Waals surface area contributed by atoms with Gasteiger partial charge in [0.15, 0.2) is 5.69 Å². The van der Waals surface area contributed by atoms with E-state index in [1.165, 1.54) is 77.5 Å². The maximum absolute atomic E-state index is 7.40. The van der Waals surface area contributed by atoms with E-state index in [9.17, 15) is 0 Å². The van der Waals surface area contributed by atoms with Crippen molar-refractivity contribution in [2.45, 2.75) is 89.3 Å². The molecule has 3 aromatic rings. The van der Waals surface area contributed by atoms with Crippen LogP contribution in [0.15, 0.2) is 54.7 Å². The number of likely N-dealkylation sites (tertiary alicyclic amines) is 1. The van der Waals surface area contributed by atoms with Gasteiger partial charge in [0.25, 0.3) is 0 Å². The Hall–Kier alpha value is -3.22. The first kappa shape index (κ1) is 33.9. The Kier molecular flexibility index (Phi) is 9.31. The van der Waals surface area contributed by atoms with Crippen molar-refractivity contribution in [2.24, 2.45) is 10.8 Å². The summed E-state index contributed by atoms with van der Waals surface area (Å²) in [5.41, 5.74) is 4.57. The van der Waals surface area contributed by atoms with Crippen LogP contribution in [0.1, 0.15) is 82.0 Å². The maximum Gasteiger partial charge on any atom is 0.225 e. The topological polar surface area (TPSA) is 61.1 Å². The third kappa shape index (κ3) is 6.87. The second-order valence-electron chi connectivity index (χ2n) is 16.5. The Morgan fingerprint density at radius 1 is 0.840 bits per heavy atom. The Morgan fingerprint density at radius 2 is 1.48 bits per heavy atom. The number of nitrogens with zero attached hydrogens (tertiary/aromatic N) is 6. The highest BCUT2D eigenvalue weighted by Crippen LogP contribution is 2.54. The molecule has 4 heterocycles. The molecule has 1 aromatic heterocycles. The van der Waals surface area contributed by atoms with E-state index in [1.807, 2.05) is 36.5 Å². The molecule has 264 valence electrons. The normalized spacial score (nSPS) is 24.0. The second-order valence-corrected chi connectivity index (χ2v) is 17.0. The first-order valence-electron chi connectivity index (χ1n) is 18.9. The molecule has 2 aliphatic carbocycles.